The number of carbonyl (C=O) groups excluding carboxylic acids is 2. The molecule has 2 heterocycles. The van der Waals surface area contributed by atoms with Crippen molar-refractivity contribution in [1.29, 1.82) is 0 Å². The summed E-state index contributed by atoms with van der Waals surface area (Å²) in [6, 6.07) is 7.91. The average Bonchev–Trinajstić information content (AvgIpc) is 3.44. The fourth-order valence-electron chi connectivity index (χ4n) is 3.93. The van der Waals surface area contributed by atoms with Crippen molar-refractivity contribution in [1.82, 2.24) is 20.0 Å². The summed E-state index contributed by atoms with van der Waals surface area (Å²) < 4.78 is 11.3. The number of nitrogens with one attached hydrogen (secondary N) is 1. The monoisotopic (exact) mass is 414 g/mol. The maximum atomic E-state index is 13.5. The second kappa shape index (κ2) is 7.91. The summed E-state index contributed by atoms with van der Waals surface area (Å²) in [6.07, 6.45) is 0.854. The predicted molar refractivity (Wildman–Crippen MR) is 112 cm³/mol. The van der Waals surface area contributed by atoms with Crippen molar-refractivity contribution in [2.75, 3.05) is 19.7 Å². The molecule has 1 aromatic heterocycles. The summed E-state index contributed by atoms with van der Waals surface area (Å²) in [4.78, 5) is 29.4. The normalized spacial score (nSPS) is 20.8. The van der Waals surface area contributed by atoms with Crippen LogP contribution in [0.15, 0.2) is 24.3 Å². The topological polar surface area (TPSA) is 87.8 Å². The summed E-state index contributed by atoms with van der Waals surface area (Å²) in [5, 5.41) is 8.51. The number of para-hydroxylation sites is 1. The van der Waals surface area contributed by atoms with E-state index in [0.29, 0.717) is 13.2 Å². The molecule has 0 bridgehead atoms. The molecular formula is C22H30N4O4. The number of amides is 2. The SMILES string of the molecule is C[C@H](c1[nH]nc2ccccc12)N(C(=O)[C@H]1CN(C(=O)OC(C)(C)C)CCO1)C1CC1. The Morgan fingerprint density at radius 1 is 1.30 bits per heavy atom. The number of aromatic amines is 1. The Morgan fingerprint density at radius 3 is 2.73 bits per heavy atom. The van der Waals surface area contributed by atoms with E-state index in [9.17, 15) is 9.59 Å². The van der Waals surface area contributed by atoms with Gasteiger partial charge in [0, 0.05) is 18.0 Å². The average molecular weight is 415 g/mol. The molecule has 2 aromatic rings. The fraction of sp³-hybridized carbons (Fsp3) is 0.591. The van der Waals surface area contributed by atoms with E-state index in [1.807, 2.05) is 56.9 Å². The van der Waals surface area contributed by atoms with Crippen LogP contribution in [-0.2, 0) is 14.3 Å². The Morgan fingerprint density at radius 2 is 2.03 bits per heavy atom. The standard InChI is InChI=1S/C22H30N4O4/c1-14(19-16-7-5-6-8-17(16)23-24-19)26(15-9-10-15)20(27)18-13-25(11-12-29-18)21(28)30-22(2,3)4/h5-8,14-15,18H,9-13H2,1-4H3,(H,23,24)/t14-,18-/m1/s1. The van der Waals surface area contributed by atoms with Gasteiger partial charge in [-0.15, -0.1) is 0 Å². The van der Waals surface area contributed by atoms with E-state index < -0.39 is 17.8 Å². The Labute approximate surface area is 176 Å². The Kier molecular flexibility index (Phi) is 5.44. The van der Waals surface area contributed by atoms with Gasteiger partial charge in [0.05, 0.1) is 30.4 Å². The molecule has 1 saturated carbocycles. The Balaban J connectivity index is 1.51. The van der Waals surface area contributed by atoms with Gasteiger partial charge < -0.3 is 19.3 Å². The minimum absolute atomic E-state index is 0.0862. The van der Waals surface area contributed by atoms with Crippen molar-refractivity contribution in [2.24, 2.45) is 0 Å². The van der Waals surface area contributed by atoms with Crippen molar-refractivity contribution in [3.05, 3.63) is 30.0 Å². The number of H-pyrrole nitrogens is 1. The van der Waals surface area contributed by atoms with Gasteiger partial charge in [-0.25, -0.2) is 4.79 Å². The third kappa shape index (κ3) is 4.28. The van der Waals surface area contributed by atoms with Crippen LogP contribution in [0.1, 0.15) is 52.3 Å². The molecule has 2 atom stereocenters. The van der Waals surface area contributed by atoms with E-state index >= 15 is 0 Å². The van der Waals surface area contributed by atoms with E-state index in [2.05, 4.69) is 10.2 Å². The molecule has 1 aliphatic carbocycles. The lowest BCUT2D eigenvalue weighted by Gasteiger charge is -2.37. The second-order valence-corrected chi connectivity index (χ2v) is 9.09. The van der Waals surface area contributed by atoms with E-state index in [-0.39, 0.29) is 24.5 Å². The number of nitrogens with zero attached hydrogens (tertiary/aromatic N) is 3. The van der Waals surface area contributed by atoms with Crippen LogP contribution >= 0.6 is 0 Å². The maximum Gasteiger partial charge on any atom is 0.410 e. The number of hydrogen-bond donors (Lipinski definition) is 1. The molecule has 1 aromatic carbocycles. The predicted octanol–water partition coefficient (Wildman–Crippen LogP) is 3.25. The molecule has 2 aliphatic rings. The second-order valence-electron chi connectivity index (χ2n) is 9.09. The molecule has 0 radical (unpaired) electrons. The molecule has 2 amide bonds. The minimum Gasteiger partial charge on any atom is -0.444 e. The van der Waals surface area contributed by atoms with Crippen LogP contribution in [0.2, 0.25) is 0 Å². The van der Waals surface area contributed by atoms with Crippen LogP contribution in [-0.4, -0.2) is 69.4 Å². The van der Waals surface area contributed by atoms with Crippen molar-refractivity contribution >= 4 is 22.9 Å². The summed E-state index contributed by atoms with van der Waals surface area (Å²) >= 11 is 0. The number of fused-ring (bicyclic) bond motifs is 1. The van der Waals surface area contributed by atoms with E-state index in [0.717, 1.165) is 29.4 Å². The number of morpholine rings is 1. The number of benzene rings is 1. The van der Waals surface area contributed by atoms with E-state index in [1.54, 1.807) is 4.90 Å². The van der Waals surface area contributed by atoms with Crippen LogP contribution in [0.25, 0.3) is 10.9 Å². The van der Waals surface area contributed by atoms with Gasteiger partial charge in [-0.05, 0) is 46.6 Å². The van der Waals surface area contributed by atoms with Gasteiger partial charge in [0.2, 0.25) is 0 Å². The Hall–Kier alpha value is -2.61. The van der Waals surface area contributed by atoms with Gasteiger partial charge in [0.1, 0.15) is 5.60 Å². The lowest BCUT2D eigenvalue weighted by Crippen LogP contribution is -2.54. The van der Waals surface area contributed by atoms with Gasteiger partial charge in [0.15, 0.2) is 6.10 Å². The van der Waals surface area contributed by atoms with Crippen LogP contribution in [0.4, 0.5) is 4.79 Å². The van der Waals surface area contributed by atoms with Crippen molar-refractivity contribution < 1.29 is 19.1 Å². The fourth-order valence-corrected chi connectivity index (χ4v) is 3.93. The highest BCUT2D eigenvalue weighted by Crippen LogP contribution is 2.36. The van der Waals surface area contributed by atoms with Gasteiger partial charge in [-0.3, -0.25) is 9.89 Å². The largest absolute Gasteiger partial charge is 0.444 e. The summed E-state index contributed by atoms with van der Waals surface area (Å²) in [5.74, 6) is -0.0862. The number of ether oxygens (including phenoxy) is 2. The number of hydrogen-bond acceptors (Lipinski definition) is 5. The van der Waals surface area contributed by atoms with Crippen LogP contribution < -0.4 is 0 Å². The molecular weight excluding hydrogens is 384 g/mol. The molecule has 2 fully saturated rings. The van der Waals surface area contributed by atoms with Crippen molar-refractivity contribution in [2.45, 2.75) is 64.3 Å². The smallest absolute Gasteiger partial charge is 0.410 e. The molecule has 8 heteroatoms. The van der Waals surface area contributed by atoms with Gasteiger partial charge in [-0.1, -0.05) is 18.2 Å². The molecule has 4 rings (SSSR count). The first kappa shape index (κ1) is 20.7. The van der Waals surface area contributed by atoms with Crippen molar-refractivity contribution in [3.63, 3.8) is 0 Å². The minimum atomic E-state index is -0.691. The van der Waals surface area contributed by atoms with E-state index in [4.69, 9.17) is 9.47 Å². The molecule has 0 spiro atoms. The summed E-state index contributed by atoms with van der Waals surface area (Å²) in [6.45, 7) is 8.45. The molecule has 1 saturated heterocycles. The van der Waals surface area contributed by atoms with E-state index in [1.165, 1.54) is 0 Å². The highest BCUT2D eigenvalue weighted by Gasteiger charge is 2.42. The summed E-state index contributed by atoms with van der Waals surface area (Å²) in [5.41, 5.74) is 1.23. The number of rotatable bonds is 4. The Bertz CT molecular complexity index is 931. The molecule has 1 aliphatic heterocycles. The molecule has 1 N–H and O–H groups in total. The third-order valence-electron chi connectivity index (χ3n) is 5.51. The third-order valence-corrected chi connectivity index (χ3v) is 5.51. The number of aromatic nitrogens is 2. The highest BCUT2D eigenvalue weighted by molar-refractivity contribution is 5.85. The lowest BCUT2D eigenvalue weighted by molar-refractivity contribution is -0.151. The zero-order valence-corrected chi connectivity index (χ0v) is 18.1. The zero-order valence-electron chi connectivity index (χ0n) is 18.1. The van der Waals surface area contributed by atoms with Gasteiger partial charge in [0.25, 0.3) is 5.91 Å². The van der Waals surface area contributed by atoms with Gasteiger partial charge >= 0.3 is 6.09 Å². The first-order chi connectivity index (χ1) is 14.2. The molecule has 0 unspecified atom stereocenters. The van der Waals surface area contributed by atoms with Crippen LogP contribution in [0, 0.1) is 0 Å². The van der Waals surface area contributed by atoms with Crippen LogP contribution in [0.5, 0.6) is 0 Å². The maximum absolute atomic E-state index is 13.5. The quantitative estimate of drug-likeness (QED) is 0.830. The van der Waals surface area contributed by atoms with Crippen molar-refractivity contribution in [3.8, 4) is 0 Å². The molecule has 30 heavy (non-hydrogen) atoms. The molecule has 162 valence electrons. The summed E-state index contributed by atoms with van der Waals surface area (Å²) in [7, 11) is 0. The lowest BCUT2D eigenvalue weighted by atomic mass is 10.1. The molecule has 8 nitrogen and oxygen atoms in total. The van der Waals surface area contributed by atoms with Crippen LogP contribution in [0.3, 0.4) is 0 Å². The highest BCUT2D eigenvalue weighted by atomic mass is 16.6. The first-order valence-electron chi connectivity index (χ1n) is 10.6. The zero-order chi connectivity index (χ0) is 21.5. The van der Waals surface area contributed by atoms with Gasteiger partial charge in [-0.2, -0.15) is 5.10 Å². The first-order valence-corrected chi connectivity index (χ1v) is 10.6. The number of carbonyl (C=O) groups is 2.